The second kappa shape index (κ2) is 3.66. The van der Waals surface area contributed by atoms with Gasteiger partial charge in [-0.2, -0.15) is 0 Å². The first-order valence-corrected chi connectivity index (χ1v) is 4.62. The van der Waals surface area contributed by atoms with E-state index in [-0.39, 0.29) is 17.0 Å². The lowest BCUT2D eigenvalue weighted by atomic mass is 10.1. The van der Waals surface area contributed by atoms with Gasteiger partial charge in [0.2, 0.25) is 5.96 Å². The van der Waals surface area contributed by atoms with Crippen LogP contribution in [0.2, 0.25) is 0 Å². The Morgan fingerprint density at radius 1 is 1.27 bits per heavy atom. The van der Waals surface area contributed by atoms with Crippen molar-refractivity contribution in [1.29, 1.82) is 0 Å². The summed E-state index contributed by atoms with van der Waals surface area (Å²) in [5.41, 5.74) is 7.83. The molecule has 0 unspecified atom stereocenters. The van der Waals surface area contributed by atoms with Crippen molar-refractivity contribution in [2.75, 3.05) is 13.1 Å². The quantitative estimate of drug-likeness (QED) is 0.770. The zero-order valence-electron chi connectivity index (χ0n) is 8.05. The number of halogens is 1. The van der Waals surface area contributed by atoms with Crippen LogP contribution >= 0.6 is 17.0 Å². The van der Waals surface area contributed by atoms with Crippen LogP contribution in [0.5, 0.6) is 0 Å². The third kappa shape index (κ3) is 1.43. The summed E-state index contributed by atoms with van der Waals surface area (Å²) < 4.78 is 0. The van der Waals surface area contributed by atoms with Crippen LogP contribution in [0.15, 0.2) is 34.3 Å². The van der Waals surface area contributed by atoms with Crippen molar-refractivity contribution < 1.29 is 0 Å². The lowest BCUT2D eigenvalue weighted by Crippen LogP contribution is -2.42. The number of hydrogen-bond donors (Lipinski definition) is 1. The van der Waals surface area contributed by atoms with E-state index in [1.54, 1.807) is 0 Å². The number of amidine groups is 1. The molecule has 78 valence electrons. The van der Waals surface area contributed by atoms with E-state index in [2.05, 4.69) is 9.98 Å². The predicted molar refractivity (Wildman–Crippen MR) is 66.2 cm³/mol. The van der Waals surface area contributed by atoms with Crippen molar-refractivity contribution >= 4 is 34.5 Å². The number of guanidine groups is 1. The molecule has 0 fully saturated rings. The van der Waals surface area contributed by atoms with Crippen LogP contribution in [-0.2, 0) is 0 Å². The molecule has 2 aliphatic rings. The molecule has 0 atom stereocenters. The van der Waals surface area contributed by atoms with Gasteiger partial charge in [0, 0.05) is 12.1 Å². The predicted octanol–water partition coefficient (Wildman–Crippen LogP) is 1.29. The molecule has 2 aliphatic heterocycles. The second-order valence-corrected chi connectivity index (χ2v) is 3.34. The van der Waals surface area contributed by atoms with Crippen molar-refractivity contribution in [1.82, 2.24) is 4.90 Å². The van der Waals surface area contributed by atoms with Gasteiger partial charge < -0.3 is 5.73 Å². The van der Waals surface area contributed by atoms with Gasteiger partial charge in [-0.15, -0.1) is 17.0 Å². The van der Waals surface area contributed by atoms with Crippen LogP contribution in [-0.4, -0.2) is 29.8 Å². The first-order valence-electron chi connectivity index (χ1n) is 4.62. The van der Waals surface area contributed by atoms with E-state index in [1.165, 1.54) is 0 Å². The average molecular weight is 267 g/mol. The molecule has 0 aromatic heterocycles. The number of nitrogens with zero attached hydrogens (tertiary/aromatic N) is 3. The Labute approximate surface area is 98.3 Å². The summed E-state index contributed by atoms with van der Waals surface area (Å²) in [7, 11) is 0. The molecule has 0 aliphatic carbocycles. The van der Waals surface area contributed by atoms with E-state index in [4.69, 9.17) is 5.73 Å². The minimum absolute atomic E-state index is 0. The third-order valence-electron chi connectivity index (χ3n) is 2.50. The number of aliphatic imine (C=N–C) groups is 2. The fourth-order valence-electron chi connectivity index (χ4n) is 1.84. The summed E-state index contributed by atoms with van der Waals surface area (Å²) in [5, 5.41) is 0. The van der Waals surface area contributed by atoms with Gasteiger partial charge in [-0.3, -0.25) is 9.89 Å². The van der Waals surface area contributed by atoms with Crippen molar-refractivity contribution in [3.8, 4) is 0 Å². The molecule has 1 aromatic rings. The van der Waals surface area contributed by atoms with E-state index in [1.807, 2.05) is 29.2 Å². The molecule has 1 aromatic carbocycles. The fourth-order valence-corrected chi connectivity index (χ4v) is 1.84. The molecule has 3 rings (SSSR count). The summed E-state index contributed by atoms with van der Waals surface area (Å²) in [6.07, 6.45) is 0. The standard InChI is InChI=1S/C10H10N4.BrH/c11-10-13-8-4-2-1-3-7(8)9-12-5-6-14(9)10;/h1-4H,5-6H2,(H2,11,13);1H. The third-order valence-corrected chi connectivity index (χ3v) is 2.50. The second-order valence-electron chi connectivity index (χ2n) is 3.34. The van der Waals surface area contributed by atoms with Crippen LogP contribution in [0.4, 0.5) is 5.69 Å². The minimum atomic E-state index is 0. The van der Waals surface area contributed by atoms with Crippen molar-refractivity contribution in [2.24, 2.45) is 15.7 Å². The normalized spacial score (nSPS) is 17.2. The Kier molecular flexibility index (Phi) is 2.48. The summed E-state index contributed by atoms with van der Waals surface area (Å²) in [5.74, 6) is 1.52. The van der Waals surface area contributed by atoms with Crippen LogP contribution in [0.25, 0.3) is 0 Å². The van der Waals surface area contributed by atoms with Crippen LogP contribution in [0, 0.1) is 0 Å². The summed E-state index contributed by atoms with van der Waals surface area (Å²) in [6, 6.07) is 7.94. The van der Waals surface area contributed by atoms with Gasteiger partial charge in [-0.05, 0) is 12.1 Å². The first-order chi connectivity index (χ1) is 6.86. The summed E-state index contributed by atoms with van der Waals surface area (Å²) >= 11 is 0. The molecular formula is C10H11BrN4. The maximum atomic E-state index is 5.83. The van der Waals surface area contributed by atoms with Gasteiger partial charge in [-0.1, -0.05) is 12.1 Å². The molecule has 5 heteroatoms. The van der Waals surface area contributed by atoms with E-state index >= 15 is 0 Å². The van der Waals surface area contributed by atoms with Gasteiger partial charge in [0.05, 0.1) is 12.2 Å². The average Bonchev–Trinajstić information content (AvgIpc) is 2.67. The molecular weight excluding hydrogens is 256 g/mol. The highest BCUT2D eigenvalue weighted by Crippen LogP contribution is 2.26. The number of hydrogen-bond acceptors (Lipinski definition) is 4. The molecule has 0 amide bonds. The number of benzene rings is 1. The van der Waals surface area contributed by atoms with Crippen LogP contribution in [0.3, 0.4) is 0 Å². The van der Waals surface area contributed by atoms with Crippen molar-refractivity contribution in [2.45, 2.75) is 0 Å². The van der Waals surface area contributed by atoms with E-state index < -0.39 is 0 Å². The molecule has 2 N–H and O–H groups in total. The van der Waals surface area contributed by atoms with Gasteiger partial charge in [0.25, 0.3) is 0 Å². The Bertz CT molecular complexity index is 452. The molecule has 0 saturated heterocycles. The first kappa shape index (κ1) is 10.2. The van der Waals surface area contributed by atoms with Crippen molar-refractivity contribution in [3.63, 3.8) is 0 Å². The Morgan fingerprint density at radius 2 is 2.07 bits per heavy atom. The van der Waals surface area contributed by atoms with Crippen LogP contribution < -0.4 is 5.73 Å². The van der Waals surface area contributed by atoms with Gasteiger partial charge in [0.15, 0.2) is 0 Å². The molecule has 2 heterocycles. The van der Waals surface area contributed by atoms with Gasteiger partial charge in [0.1, 0.15) is 5.84 Å². The summed E-state index contributed by atoms with van der Waals surface area (Å²) in [6.45, 7) is 1.65. The number of rotatable bonds is 0. The topological polar surface area (TPSA) is 54.0 Å². The monoisotopic (exact) mass is 266 g/mol. The van der Waals surface area contributed by atoms with Crippen LogP contribution in [0.1, 0.15) is 5.56 Å². The zero-order chi connectivity index (χ0) is 9.54. The fraction of sp³-hybridized carbons (Fsp3) is 0.200. The maximum Gasteiger partial charge on any atom is 0.202 e. The number of fused-ring (bicyclic) bond motifs is 3. The molecule has 15 heavy (non-hydrogen) atoms. The SMILES string of the molecule is Br.NC1=Nc2ccccc2C2=NCCN12. The highest BCUT2D eigenvalue weighted by atomic mass is 79.9. The molecule has 0 saturated carbocycles. The minimum Gasteiger partial charge on any atom is -0.369 e. The summed E-state index contributed by atoms with van der Waals surface area (Å²) in [4.78, 5) is 10.7. The van der Waals surface area contributed by atoms with E-state index in [0.29, 0.717) is 5.96 Å². The lowest BCUT2D eigenvalue weighted by Gasteiger charge is -2.24. The highest BCUT2D eigenvalue weighted by molar-refractivity contribution is 8.93. The Hall–Kier alpha value is -1.36. The molecule has 0 radical (unpaired) electrons. The van der Waals surface area contributed by atoms with E-state index in [9.17, 15) is 0 Å². The molecule has 0 bridgehead atoms. The van der Waals surface area contributed by atoms with Gasteiger partial charge in [-0.25, -0.2) is 4.99 Å². The molecule has 4 nitrogen and oxygen atoms in total. The number of para-hydroxylation sites is 1. The largest absolute Gasteiger partial charge is 0.369 e. The Balaban J connectivity index is 0.000000853. The molecule has 0 spiro atoms. The van der Waals surface area contributed by atoms with Gasteiger partial charge >= 0.3 is 0 Å². The number of nitrogens with two attached hydrogens (primary N) is 1. The Morgan fingerprint density at radius 3 is 2.93 bits per heavy atom. The van der Waals surface area contributed by atoms with E-state index in [0.717, 1.165) is 30.2 Å². The highest BCUT2D eigenvalue weighted by Gasteiger charge is 2.27. The lowest BCUT2D eigenvalue weighted by molar-refractivity contribution is 0.654. The smallest absolute Gasteiger partial charge is 0.202 e. The maximum absolute atomic E-state index is 5.83. The van der Waals surface area contributed by atoms with Crippen molar-refractivity contribution in [3.05, 3.63) is 29.8 Å². The zero-order valence-corrected chi connectivity index (χ0v) is 9.76.